The molecule has 4 atom stereocenters. The van der Waals surface area contributed by atoms with Gasteiger partial charge in [-0.15, -0.1) is 0 Å². The van der Waals surface area contributed by atoms with Crippen LogP contribution in [-0.4, -0.2) is 64.4 Å². The maximum atomic E-state index is 13.0. The van der Waals surface area contributed by atoms with Crippen molar-refractivity contribution in [2.24, 2.45) is 5.92 Å². The lowest BCUT2D eigenvalue weighted by Gasteiger charge is -2.40. The van der Waals surface area contributed by atoms with E-state index in [9.17, 15) is 14.7 Å². The molecule has 0 aliphatic carbocycles. The minimum atomic E-state index is -0.545. The Labute approximate surface area is 205 Å². The number of para-hydroxylation sites is 1. The van der Waals surface area contributed by atoms with Crippen LogP contribution in [0.25, 0.3) is 10.9 Å². The number of aromatic nitrogens is 2. The van der Waals surface area contributed by atoms with Crippen LogP contribution in [0, 0.1) is 5.92 Å². The van der Waals surface area contributed by atoms with Gasteiger partial charge < -0.3 is 36.4 Å². The van der Waals surface area contributed by atoms with E-state index < -0.39 is 6.10 Å². The largest absolute Gasteiger partial charge is 1.00 e. The normalized spacial score (nSPS) is 24.4. The minimum absolute atomic E-state index is 0. The molecule has 1 fully saturated rings. The summed E-state index contributed by atoms with van der Waals surface area (Å²) in [6.45, 7) is 4.48. The fourth-order valence-electron chi connectivity index (χ4n) is 6.52. The summed E-state index contributed by atoms with van der Waals surface area (Å²) in [7, 11) is 1.85. The predicted molar refractivity (Wildman–Crippen MR) is 126 cm³/mol. The molecule has 1 aromatic carbocycles. The van der Waals surface area contributed by atoms with Gasteiger partial charge in [0.05, 0.1) is 19.6 Å². The molecule has 3 aromatic rings. The number of aliphatic hydroxyl groups is 1. The Balaban J connectivity index is 0.00000241. The van der Waals surface area contributed by atoms with E-state index >= 15 is 0 Å². The molecule has 7 nitrogen and oxygen atoms in total. The van der Waals surface area contributed by atoms with Crippen LogP contribution in [-0.2, 0) is 19.5 Å². The number of nitrogens with zero attached hydrogens (tertiary/aromatic N) is 3. The molecule has 8 heteroatoms. The number of pyridine rings is 1. The second-order valence-electron chi connectivity index (χ2n) is 10.1. The number of carbonyl (C=O) groups is 1. The zero-order valence-corrected chi connectivity index (χ0v) is 20.2. The summed E-state index contributed by atoms with van der Waals surface area (Å²) in [5.74, 6) is 0.875. The van der Waals surface area contributed by atoms with Gasteiger partial charge in [-0.2, -0.15) is 0 Å². The van der Waals surface area contributed by atoms with Crippen molar-refractivity contribution >= 4 is 16.8 Å². The number of carbonyl (C=O) groups excluding carboxylic acids is 1. The Bertz CT molecular complexity index is 1300. The second kappa shape index (κ2) is 8.87. The van der Waals surface area contributed by atoms with Gasteiger partial charge in [-0.3, -0.25) is 9.59 Å². The molecule has 3 aliphatic rings. The molecular weight excluding hydrogens is 452 g/mol. The van der Waals surface area contributed by atoms with Gasteiger partial charge in [0.15, 0.2) is 0 Å². The molecule has 5 heterocycles. The van der Waals surface area contributed by atoms with Gasteiger partial charge in [0.2, 0.25) is 0 Å². The van der Waals surface area contributed by atoms with Crippen molar-refractivity contribution in [2.75, 3.05) is 33.2 Å². The average Bonchev–Trinajstić information content (AvgIpc) is 3.11. The Kier molecular flexibility index (Phi) is 6.04. The summed E-state index contributed by atoms with van der Waals surface area (Å²) in [5.41, 5.74) is 4.13. The zero-order valence-electron chi connectivity index (χ0n) is 19.4. The van der Waals surface area contributed by atoms with Crippen molar-refractivity contribution < 1.29 is 27.2 Å². The molecular formula is C26H31ClN4O3. The van der Waals surface area contributed by atoms with Crippen molar-refractivity contribution in [2.45, 2.75) is 38.0 Å². The fraction of sp³-hybridized carbons (Fsp3) is 0.462. The van der Waals surface area contributed by atoms with Gasteiger partial charge in [-0.1, -0.05) is 24.3 Å². The first-order valence-electron chi connectivity index (χ1n) is 12.1. The lowest BCUT2D eigenvalue weighted by Crippen LogP contribution is -3.15. The molecule has 0 saturated carbocycles. The summed E-state index contributed by atoms with van der Waals surface area (Å²) in [6, 6.07) is 13.8. The number of halogens is 1. The molecule has 3 aliphatic heterocycles. The quantitative estimate of drug-likeness (QED) is 0.432. The van der Waals surface area contributed by atoms with Crippen LogP contribution < -0.4 is 22.9 Å². The number of amides is 1. The SMILES string of the molecule is CN1CCc2c(n(CC(O)C[NH+]3CC4CC(C3)c3cccc(=O)n3C4)c3ccccc23)C1=O.[Cl-]. The topological polar surface area (TPSA) is 71.9 Å². The number of likely N-dealkylation sites (tertiary alicyclic amines) is 1. The lowest BCUT2D eigenvalue weighted by atomic mass is 9.83. The Morgan fingerprint density at radius 3 is 2.79 bits per heavy atom. The lowest BCUT2D eigenvalue weighted by molar-refractivity contribution is -0.914. The van der Waals surface area contributed by atoms with E-state index in [2.05, 4.69) is 18.2 Å². The third kappa shape index (κ3) is 3.76. The highest BCUT2D eigenvalue weighted by atomic mass is 35.5. The van der Waals surface area contributed by atoms with Crippen molar-refractivity contribution in [1.82, 2.24) is 14.0 Å². The van der Waals surface area contributed by atoms with E-state index in [-0.39, 0.29) is 23.9 Å². The Morgan fingerprint density at radius 1 is 1.12 bits per heavy atom. The molecule has 2 bridgehead atoms. The van der Waals surface area contributed by atoms with E-state index in [0.717, 1.165) is 66.9 Å². The number of likely N-dealkylation sites (N-methyl/N-ethyl adjacent to an activating group) is 1. The van der Waals surface area contributed by atoms with Crippen LogP contribution in [0.1, 0.15) is 34.1 Å². The number of fused-ring (bicyclic) bond motifs is 7. The maximum absolute atomic E-state index is 13.0. The van der Waals surface area contributed by atoms with Crippen LogP contribution in [0.2, 0.25) is 0 Å². The third-order valence-electron chi connectivity index (χ3n) is 7.91. The maximum Gasteiger partial charge on any atom is 0.270 e. The molecule has 0 radical (unpaired) electrons. The second-order valence-corrected chi connectivity index (χ2v) is 10.1. The first-order valence-corrected chi connectivity index (χ1v) is 12.1. The number of hydrogen-bond donors (Lipinski definition) is 2. The predicted octanol–water partition coefficient (Wildman–Crippen LogP) is -2.50. The summed E-state index contributed by atoms with van der Waals surface area (Å²) in [4.78, 5) is 28.5. The first kappa shape index (κ1) is 23.1. The number of piperidine rings is 1. The van der Waals surface area contributed by atoms with Crippen LogP contribution in [0.15, 0.2) is 47.3 Å². The summed E-state index contributed by atoms with van der Waals surface area (Å²) < 4.78 is 4.00. The molecule has 6 rings (SSSR count). The van der Waals surface area contributed by atoms with Crippen molar-refractivity contribution in [1.29, 1.82) is 0 Å². The van der Waals surface area contributed by atoms with Gasteiger partial charge in [-0.05, 0) is 30.5 Å². The monoisotopic (exact) mass is 482 g/mol. The van der Waals surface area contributed by atoms with Crippen LogP contribution in [0.3, 0.4) is 0 Å². The minimum Gasteiger partial charge on any atom is -1.00 e. The molecule has 1 amide bonds. The van der Waals surface area contributed by atoms with Gasteiger partial charge in [-0.25, -0.2) is 0 Å². The summed E-state index contributed by atoms with van der Waals surface area (Å²) in [5, 5.41) is 12.3. The summed E-state index contributed by atoms with van der Waals surface area (Å²) >= 11 is 0. The van der Waals surface area contributed by atoms with Crippen LogP contribution in [0.4, 0.5) is 0 Å². The standard InChI is InChI=1S/C26H30N4O3.ClH/c1-27-10-9-21-20-5-2-3-6-23(20)30(25(21)26(27)33)16-19(31)15-28-12-17-11-18(14-28)22-7-4-8-24(32)29(22)13-17;/h2-8,17-19,31H,9-16H2,1H3;1H. The van der Waals surface area contributed by atoms with Gasteiger partial charge in [0, 0.05) is 54.6 Å². The van der Waals surface area contributed by atoms with E-state index in [1.165, 1.54) is 4.90 Å². The number of rotatable bonds is 4. The molecule has 4 unspecified atom stereocenters. The highest BCUT2D eigenvalue weighted by Crippen LogP contribution is 2.31. The Morgan fingerprint density at radius 2 is 1.94 bits per heavy atom. The van der Waals surface area contributed by atoms with E-state index in [1.807, 2.05) is 34.4 Å². The highest BCUT2D eigenvalue weighted by Gasteiger charge is 2.38. The molecule has 1 saturated heterocycles. The fourth-order valence-corrected chi connectivity index (χ4v) is 6.52. The van der Waals surface area contributed by atoms with E-state index in [1.54, 1.807) is 11.0 Å². The number of quaternary nitrogens is 1. The van der Waals surface area contributed by atoms with Crippen molar-refractivity contribution in [3.8, 4) is 0 Å². The molecule has 0 spiro atoms. The average molecular weight is 483 g/mol. The molecule has 34 heavy (non-hydrogen) atoms. The van der Waals surface area contributed by atoms with Gasteiger partial charge in [0.1, 0.15) is 18.3 Å². The first-order chi connectivity index (χ1) is 16.0. The number of nitrogens with one attached hydrogen (secondary N) is 1. The smallest absolute Gasteiger partial charge is 0.270 e. The number of hydrogen-bond acceptors (Lipinski definition) is 3. The zero-order chi connectivity index (χ0) is 22.7. The van der Waals surface area contributed by atoms with Crippen LogP contribution >= 0.6 is 0 Å². The van der Waals surface area contributed by atoms with E-state index in [4.69, 9.17) is 0 Å². The van der Waals surface area contributed by atoms with E-state index in [0.29, 0.717) is 24.9 Å². The van der Waals surface area contributed by atoms with Crippen LogP contribution in [0.5, 0.6) is 0 Å². The number of benzene rings is 1. The van der Waals surface area contributed by atoms with Crippen molar-refractivity contribution in [3.63, 3.8) is 0 Å². The Hall–Kier alpha value is -2.61. The van der Waals surface area contributed by atoms with Gasteiger partial charge >= 0.3 is 0 Å². The number of aliphatic hydroxyl groups excluding tert-OH is 1. The molecule has 2 N–H and O–H groups in total. The van der Waals surface area contributed by atoms with Crippen molar-refractivity contribution in [3.05, 3.63) is 69.8 Å². The third-order valence-corrected chi connectivity index (χ3v) is 7.91. The highest BCUT2D eigenvalue weighted by molar-refractivity contribution is 6.02. The molecule has 2 aromatic heterocycles. The van der Waals surface area contributed by atoms with Gasteiger partial charge in [0.25, 0.3) is 11.5 Å². The molecule has 180 valence electrons. The summed E-state index contributed by atoms with van der Waals surface area (Å²) in [6.07, 6.45) is 1.43.